The van der Waals surface area contributed by atoms with Crippen molar-refractivity contribution in [2.24, 2.45) is 0 Å². The summed E-state index contributed by atoms with van der Waals surface area (Å²) in [4.78, 5) is 24.3. The van der Waals surface area contributed by atoms with Gasteiger partial charge in [0.15, 0.2) is 0 Å². The molecular weight excluding hydrogens is 502 g/mol. The third-order valence-electron chi connectivity index (χ3n) is 6.79. The van der Waals surface area contributed by atoms with Crippen molar-refractivity contribution in [1.82, 2.24) is 14.8 Å². The first-order chi connectivity index (χ1) is 18.4. The molecule has 0 saturated carbocycles. The minimum Gasteiger partial charge on any atom is -0.368 e. The highest BCUT2D eigenvalue weighted by Gasteiger charge is 2.25. The Labute approximate surface area is 226 Å². The highest BCUT2D eigenvalue weighted by atomic mass is 32.1. The SMILES string of the molecule is Cc1ccccc1N1CCN(C(=O)c2csc(CN(Cc3ccc(F)cc3)Cc3ccc(F)cc3)n2)CC1. The maximum atomic E-state index is 13.4. The Hall–Kier alpha value is -3.62. The zero-order valence-corrected chi connectivity index (χ0v) is 22.1. The Kier molecular flexibility index (Phi) is 8.10. The molecule has 1 saturated heterocycles. The highest BCUT2D eigenvalue weighted by Crippen LogP contribution is 2.23. The van der Waals surface area contributed by atoms with Gasteiger partial charge in [0.1, 0.15) is 22.3 Å². The molecule has 2 heterocycles. The summed E-state index contributed by atoms with van der Waals surface area (Å²) in [6.45, 7) is 6.66. The van der Waals surface area contributed by atoms with E-state index in [1.165, 1.54) is 46.9 Å². The van der Waals surface area contributed by atoms with Crippen LogP contribution in [0.25, 0.3) is 0 Å². The molecule has 1 aliphatic heterocycles. The lowest BCUT2D eigenvalue weighted by molar-refractivity contribution is 0.0741. The van der Waals surface area contributed by atoms with Gasteiger partial charge in [-0.25, -0.2) is 13.8 Å². The van der Waals surface area contributed by atoms with E-state index in [9.17, 15) is 13.6 Å². The fourth-order valence-corrected chi connectivity index (χ4v) is 5.58. The third-order valence-corrected chi connectivity index (χ3v) is 7.63. The van der Waals surface area contributed by atoms with Crippen LogP contribution in [0, 0.1) is 18.6 Å². The van der Waals surface area contributed by atoms with Crippen molar-refractivity contribution in [3.63, 3.8) is 0 Å². The molecule has 1 aromatic heterocycles. The first kappa shape index (κ1) is 26.0. The molecule has 5 nitrogen and oxygen atoms in total. The standard InChI is InChI=1S/C30H30F2N4OS/c1-22-4-2-3-5-28(22)35-14-16-36(17-15-35)30(37)27-21-38-29(33-27)20-34(18-23-6-10-25(31)11-7-23)19-24-8-12-26(32)13-9-24/h2-13,21H,14-20H2,1H3. The molecule has 0 aliphatic carbocycles. The van der Waals surface area contributed by atoms with Gasteiger partial charge < -0.3 is 9.80 Å². The average molecular weight is 533 g/mol. The Bertz CT molecular complexity index is 1320. The predicted octanol–water partition coefficient (Wildman–Crippen LogP) is 5.89. The number of carbonyl (C=O) groups is 1. The summed E-state index contributed by atoms with van der Waals surface area (Å²) in [6, 6.07) is 21.2. The molecule has 4 aromatic rings. The minimum atomic E-state index is -0.276. The lowest BCUT2D eigenvalue weighted by atomic mass is 10.1. The maximum Gasteiger partial charge on any atom is 0.273 e. The van der Waals surface area contributed by atoms with Crippen molar-refractivity contribution in [3.05, 3.63) is 117 Å². The van der Waals surface area contributed by atoms with Gasteiger partial charge in [-0.15, -0.1) is 11.3 Å². The Morgan fingerprint density at radius 1 is 0.842 bits per heavy atom. The fraction of sp³-hybridized carbons (Fsp3) is 0.267. The van der Waals surface area contributed by atoms with E-state index in [0.717, 1.165) is 29.2 Å². The van der Waals surface area contributed by atoms with Crippen LogP contribution in [0.1, 0.15) is 32.2 Å². The summed E-state index contributed by atoms with van der Waals surface area (Å²) < 4.78 is 26.8. The zero-order chi connectivity index (χ0) is 26.5. The average Bonchev–Trinajstić information content (AvgIpc) is 3.40. The normalized spacial score (nSPS) is 13.8. The summed E-state index contributed by atoms with van der Waals surface area (Å²) in [6.07, 6.45) is 0. The molecule has 1 amide bonds. The van der Waals surface area contributed by atoms with Crippen LogP contribution in [0.2, 0.25) is 0 Å². The number of amides is 1. The number of para-hydroxylation sites is 1. The van der Waals surface area contributed by atoms with Gasteiger partial charge >= 0.3 is 0 Å². The van der Waals surface area contributed by atoms with Gasteiger partial charge in [-0.3, -0.25) is 9.69 Å². The largest absolute Gasteiger partial charge is 0.368 e. The van der Waals surface area contributed by atoms with Crippen LogP contribution in [0.3, 0.4) is 0 Å². The molecule has 1 aliphatic rings. The van der Waals surface area contributed by atoms with Crippen LogP contribution in [0.4, 0.5) is 14.5 Å². The quantitative estimate of drug-likeness (QED) is 0.284. The highest BCUT2D eigenvalue weighted by molar-refractivity contribution is 7.09. The first-order valence-corrected chi connectivity index (χ1v) is 13.6. The van der Waals surface area contributed by atoms with Crippen molar-refractivity contribution in [2.75, 3.05) is 31.1 Å². The number of carbonyl (C=O) groups excluding carboxylic acids is 1. The second kappa shape index (κ2) is 11.8. The molecular formula is C30H30F2N4OS. The molecule has 38 heavy (non-hydrogen) atoms. The molecule has 3 aromatic carbocycles. The second-order valence-corrected chi connectivity index (χ2v) is 10.5. The number of rotatable bonds is 8. The molecule has 5 rings (SSSR count). The van der Waals surface area contributed by atoms with Crippen molar-refractivity contribution >= 4 is 22.9 Å². The topological polar surface area (TPSA) is 39.7 Å². The number of halogens is 2. The van der Waals surface area contributed by atoms with Gasteiger partial charge in [0.05, 0.1) is 6.54 Å². The number of hydrogen-bond acceptors (Lipinski definition) is 5. The van der Waals surface area contributed by atoms with Gasteiger partial charge in [-0.2, -0.15) is 0 Å². The van der Waals surface area contributed by atoms with Crippen molar-refractivity contribution in [1.29, 1.82) is 0 Å². The first-order valence-electron chi connectivity index (χ1n) is 12.7. The maximum absolute atomic E-state index is 13.4. The van der Waals surface area contributed by atoms with Crippen LogP contribution < -0.4 is 4.90 Å². The Morgan fingerprint density at radius 3 is 2.00 bits per heavy atom. The molecule has 1 fully saturated rings. The zero-order valence-electron chi connectivity index (χ0n) is 21.3. The summed E-state index contributed by atoms with van der Waals surface area (Å²) in [5.41, 5.74) is 4.86. The Balaban J connectivity index is 1.24. The van der Waals surface area contributed by atoms with Crippen molar-refractivity contribution in [3.8, 4) is 0 Å². The fourth-order valence-electron chi connectivity index (χ4n) is 4.77. The molecule has 0 bridgehead atoms. The summed E-state index contributed by atoms with van der Waals surface area (Å²) in [5, 5.41) is 2.66. The van der Waals surface area contributed by atoms with Crippen molar-refractivity contribution in [2.45, 2.75) is 26.6 Å². The van der Waals surface area contributed by atoms with E-state index in [0.29, 0.717) is 38.4 Å². The summed E-state index contributed by atoms with van der Waals surface area (Å²) in [5.74, 6) is -0.594. The van der Waals surface area contributed by atoms with Crippen LogP contribution in [-0.4, -0.2) is 46.9 Å². The molecule has 0 radical (unpaired) electrons. The lowest BCUT2D eigenvalue weighted by Gasteiger charge is -2.36. The van der Waals surface area contributed by atoms with E-state index in [1.54, 1.807) is 24.3 Å². The van der Waals surface area contributed by atoms with Gasteiger partial charge in [0.2, 0.25) is 0 Å². The predicted molar refractivity (Wildman–Crippen MR) is 147 cm³/mol. The molecule has 0 unspecified atom stereocenters. The van der Waals surface area contributed by atoms with E-state index in [-0.39, 0.29) is 17.5 Å². The van der Waals surface area contributed by atoms with E-state index in [1.807, 2.05) is 22.4 Å². The van der Waals surface area contributed by atoms with Crippen LogP contribution >= 0.6 is 11.3 Å². The monoisotopic (exact) mass is 532 g/mol. The summed E-state index contributed by atoms with van der Waals surface area (Å²) >= 11 is 1.46. The van der Waals surface area contributed by atoms with Crippen LogP contribution in [0.15, 0.2) is 78.2 Å². The van der Waals surface area contributed by atoms with Gasteiger partial charge in [0.25, 0.3) is 5.91 Å². The van der Waals surface area contributed by atoms with E-state index < -0.39 is 0 Å². The van der Waals surface area contributed by atoms with Crippen molar-refractivity contribution < 1.29 is 13.6 Å². The lowest BCUT2D eigenvalue weighted by Crippen LogP contribution is -2.49. The number of aryl methyl sites for hydroxylation is 1. The van der Waals surface area contributed by atoms with E-state index in [2.05, 4.69) is 33.8 Å². The Morgan fingerprint density at radius 2 is 1.42 bits per heavy atom. The number of aromatic nitrogens is 1. The molecule has 8 heteroatoms. The van der Waals surface area contributed by atoms with Crippen LogP contribution in [-0.2, 0) is 19.6 Å². The number of hydrogen-bond donors (Lipinski definition) is 0. The number of piperazine rings is 1. The van der Waals surface area contributed by atoms with E-state index >= 15 is 0 Å². The molecule has 0 atom stereocenters. The second-order valence-electron chi connectivity index (χ2n) is 9.59. The molecule has 196 valence electrons. The smallest absolute Gasteiger partial charge is 0.273 e. The van der Waals surface area contributed by atoms with Crippen LogP contribution in [0.5, 0.6) is 0 Å². The third kappa shape index (κ3) is 6.44. The van der Waals surface area contributed by atoms with Gasteiger partial charge in [0, 0.05) is 50.3 Å². The summed E-state index contributed by atoms with van der Waals surface area (Å²) in [7, 11) is 0. The molecule has 0 spiro atoms. The van der Waals surface area contributed by atoms with Gasteiger partial charge in [-0.05, 0) is 53.9 Å². The number of benzene rings is 3. The number of anilines is 1. The molecule has 0 N–H and O–H groups in total. The van der Waals surface area contributed by atoms with Gasteiger partial charge in [-0.1, -0.05) is 42.5 Å². The number of nitrogens with zero attached hydrogens (tertiary/aromatic N) is 4. The van der Waals surface area contributed by atoms with E-state index in [4.69, 9.17) is 0 Å². The minimum absolute atomic E-state index is 0.0412. The number of thiazole rings is 1.